The Morgan fingerprint density at radius 3 is 2.38 bits per heavy atom. The van der Waals surface area contributed by atoms with Crippen molar-refractivity contribution in [3.63, 3.8) is 0 Å². The van der Waals surface area contributed by atoms with E-state index in [2.05, 4.69) is 10.7 Å². The number of nitrogens with one attached hydrogen (secondary N) is 2. The molecule has 0 radical (unpaired) electrons. The van der Waals surface area contributed by atoms with Gasteiger partial charge in [-0.3, -0.25) is 29.9 Å². The van der Waals surface area contributed by atoms with E-state index in [4.69, 9.17) is 16.3 Å². The maximum absolute atomic E-state index is 15.1. The average molecular weight is 692 g/mol. The summed E-state index contributed by atoms with van der Waals surface area (Å²) in [5.41, 5.74) is 4.11. The molecule has 50 heavy (non-hydrogen) atoms. The highest BCUT2D eigenvalue weighted by Gasteiger charge is 2.70. The molecule has 0 aromatic heterocycles. The van der Waals surface area contributed by atoms with Gasteiger partial charge in [-0.25, -0.2) is 4.39 Å². The van der Waals surface area contributed by atoms with E-state index in [0.717, 1.165) is 10.6 Å². The molecular weight excluding hydrogens is 661 g/mol. The number of anilines is 1. The van der Waals surface area contributed by atoms with Gasteiger partial charge in [0.05, 0.1) is 28.9 Å². The number of aromatic hydroxyl groups is 1. The van der Waals surface area contributed by atoms with Crippen molar-refractivity contribution in [3.8, 4) is 11.5 Å². The lowest BCUT2D eigenvalue weighted by Crippen LogP contribution is -2.53. The molecule has 0 spiro atoms. The summed E-state index contributed by atoms with van der Waals surface area (Å²) in [5, 5.41) is 15.6. The molecule has 4 aromatic rings. The Kier molecular flexibility index (Phi) is 7.71. The normalized spacial score (nSPS) is 26.9. The van der Waals surface area contributed by atoms with Crippen molar-refractivity contribution in [2.45, 2.75) is 30.8 Å². The van der Waals surface area contributed by atoms with Crippen molar-refractivity contribution in [2.75, 3.05) is 5.43 Å². The zero-order valence-electron chi connectivity index (χ0n) is 26.5. The van der Waals surface area contributed by atoms with Crippen LogP contribution in [0.5, 0.6) is 11.5 Å². The van der Waals surface area contributed by atoms with E-state index in [1.54, 1.807) is 36.4 Å². The summed E-state index contributed by atoms with van der Waals surface area (Å²) >= 11 is 6.33. The first-order chi connectivity index (χ1) is 24.2. The van der Waals surface area contributed by atoms with E-state index < -0.39 is 58.5 Å². The second-order valence-electron chi connectivity index (χ2n) is 13.2. The third-order valence-corrected chi connectivity index (χ3v) is 10.9. The molecule has 4 amide bonds. The number of hydrogen-bond acceptors (Lipinski definition) is 7. The van der Waals surface area contributed by atoms with Crippen LogP contribution < -0.4 is 15.5 Å². The van der Waals surface area contributed by atoms with Crippen LogP contribution >= 0.6 is 11.6 Å². The first-order valence-corrected chi connectivity index (χ1v) is 16.8. The predicted octanol–water partition coefficient (Wildman–Crippen LogP) is 6.04. The molecule has 3 N–H and O–H groups in total. The highest BCUT2D eigenvalue weighted by molar-refractivity contribution is 6.30. The molecule has 6 atom stereocenters. The van der Waals surface area contributed by atoms with Crippen LogP contribution in [0.2, 0.25) is 5.02 Å². The molecule has 3 fully saturated rings. The zero-order chi connectivity index (χ0) is 34.7. The predicted molar refractivity (Wildman–Crippen MR) is 181 cm³/mol. The Labute approximate surface area is 291 Å². The molecule has 9 nitrogen and oxygen atoms in total. The number of hydrogen-bond donors (Lipinski definition) is 3. The molecular formula is C39H31ClFN3O6. The molecule has 252 valence electrons. The first kappa shape index (κ1) is 31.8. The van der Waals surface area contributed by atoms with E-state index in [-0.39, 0.29) is 31.1 Å². The fourth-order valence-corrected chi connectivity index (χ4v) is 8.63. The number of imide groups is 2. The quantitative estimate of drug-likeness (QED) is 0.160. The Morgan fingerprint density at radius 2 is 1.66 bits per heavy atom. The molecule has 8 rings (SSSR count). The minimum Gasteiger partial charge on any atom is -0.508 e. The summed E-state index contributed by atoms with van der Waals surface area (Å²) in [6, 6.07) is 26.4. The second-order valence-corrected chi connectivity index (χ2v) is 13.7. The number of halogens is 2. The van der Waals surface area contributed by atoms with Crippen LogP contribution in [-0.4, -0.2) is 33.7 Å². The Hall–Kier alpha value is -5.48. The van der Waals surface area contributed by atoms with Gasteiger partial charge in [0.1, 0.15) is 23.9 Å². The third-order valence-electron chi connectivity index (χ3n) is 10.7. The maximum atomic E-state index is 15.1. The fourth-order valence-electron chi connectivity index (χ4n) is 8.51. The van der Waals surface area contributed by atoms with Crippen LogP contribution in [0.25, 0.3) is 0 Å². The summed E-state index contributed by atoms with van der Waals surface area (Å²) in [6.45, 7) is 0.260. The number of hydrazine groups is 1. The molecule has 2 heterocycles. The topological polar surface area (TPSA) is 125 Å². The van der Waals surface area contributed by atoms with E-state index in [9.17, 15) is 23.9 Å². The SMILES string of the molecule is O=C1NC(=O)[C@H]2CC=C3[C@@H](C[C@H]4C(=O)N(Nc5ccc(F)cc5)C(=O)[C@@]4(c4ccc(Cl)cc4)[C@H]3c3ccc(OCc4ccccc4)cc3O)[C@@H]12. The largest absolute Gasteiger partial charge is 0.508 e. The molecule has 4 aliphatic rings. The van der Waals surface area contributed by atoms with Crippen molar-refractivity contribution in [3.05, 3.63) is 136 Å². The Bertz CT molecular complexity index is 2070. The minimum atomic E-state index is -1.60. The van der Waals surface area contributed by atoms with Gasteiger partial charge in [-0.2, -0.15) is 5.01 Å². The molecule has 2 saturated heterocycles. The monoisotopic (exact) mass is 691 g/mol. The number of ether oxygens (including phenoxy) is 1. The highest BCUT2D eigenvalue weighted by Crippen LogP contribution is 2.64. The van der Waals surface area contributed by atoms with Gasteiger partial charge in [-0.05, 0) is 72.4 Å². The van der Waals surface area contributed by atoms with E-state index >= 15 is 4.79 Å². The number of phenols is 1. The summed E-state index contributed by atoms with van der Waals surface area (Å²) in [7, 11) is 0. The first-order valence-electron chi connectivity index (χ1n) is 16.4. The van der Waals surface area contributed by atoms with Gasteiger partial charge >= 0.3 is 0 Å². The zero-order valence-corrected chi connectivity index (χ0v) is 27.3. The van der Waals surface area contributed by atoms with Crippen LogP contribution in [0, 0.1) is 29.5 Å². The van der Waals surface area contributed by atoms with Crippen LogP contribution in [0.4, 0.5) is 10.1 Å². The van der Waals surface area contributed by atoms with Crippen LogP contribution in [0.1, 0.15) is 35.4 Å². The number of allylic oxidation sites excluding steroid dienone is 2. The van der Waals surface area contributed by atoms with Crippen molar-refractivity contribution in [1.82, 2.24) is 10.3 Å². The third kappa shape index (κ3) is 4.96. The van der Waals surface area contributed by atoms with Gasteiger partial charge in [0.2, 0.25) is 11.8 Å². The van der Waals surface area contributed by atoms with Gasteiger partial charge in [-0.1, -0.05) is 71.8 Å². The number of rotatable bonds is 7. The smallest absolute Gasteiger partial charge is 0.260 e. The number of fused-ring (bicyclic) bond motifs is 4. The molecule has 2 aliphatic carbocycles. The second kappa shape index (κ2) is 12.1. The van der Waals surface area contributed by atoms with E-state index in [0.29, 0.717) is 33.2 Å². The van der Waals surface area contributed by atoms with Gasteiger partial charge < -0.3 is 9.84 Å². The van der Waals surface area contributed by atoms with Gasteiger partial charge in [0, 0.05) is 22.6 Å². The molecule has 11 heteroatoms. The van der Waals surface area contributed by atoms with Crippen molar-refractivity contribution in [1.29, 1.82) is 0 Å². The number of benzene rings is 4. The lowest BCUT2D eigenvalue weighted by atomic mass is 9.49. The molecule has 0 bridgehead atoms. The van der Waals surface area contributed by atoms with E-state index in [1.807, 2.05) is 36.4 Å². The van der Waals surface area contributed by atoms with Crippen molar-refractivity contribution >= 4 is 40.9 Å². The number of nitrogens with zero attached hydrogens (tertiary/aromatic N) is 1. The number of carbonyl (C=O) groups is 4. The highest BCUT2D eigenvalue weighted by atomic mass is 35.5. The van der Waals surface area contributed by atoms with Crippen LogP contribution in [-0.2, 0) is 31.2 Å². The van der Waals surface area contributed by atoms with E-state index in [1.165, 1.54) is 30.3 Å². The standard InChI is InChI=1S/C39H31ClFN3O6/c40-23-8-6-22(7-9-23)39-31(37(48)44(38(39)49)43-25-12-10-24(41)11-13-25)19-30-27(16-17-29-33(30)36(47)42-35(29)46)34(39)28-15-14-26(18-32(28)45)50-20-21-4-2-1-3-5-21/h1-16,18,29-31,33-34,43,45H,17,19-20H2,(H,42,46,47)/t29-,30+,31-,33-,34+,39+/m0/s1. The van der Waals surface area contributed by atoms with Crippen molar-refractivity contribution < 1.29 is 33.4 Å². The maximum Gasteiger partial charge on any atom is 0.260 e. The Balaban J connectivity index is 1.30. The fraction of sp³-hybridized carbons (Fsp3) is 0.231. The van der Waals surface area contributed by atoms with Crippen LogP contribution in [0.3, 0.4) is 0 Å². The number of phenolic OH excluding ortho intramolecular Hbond substituents is 1. The number of carbonyl (C=O) groups excluding carboxylic acids is 4. The van der Waals surface area contributed by atoms with Gasteiger partial charge in [0.25, 0.3) is 11.8 Å². The molecule has 4 aromatic carbocycles. The molecule has 0 unspecified atom stereocenters. The van der Waals surface area contributed by atoms with Gasteiger partial charge in [-0.15, -0.1) is 0 Å². The summed E-state index contributed by atoms with van der Waals surface area (Å²) in [5.74, 6) is -6.04. The Morgan fingerprint density at radius 1 is 0.920 bits per heavy atom. The average Bonchev–Trinajstić information content (AvgIpc) is 3.53. The summed E-state index contributed by atoms with van der Waals surface area (Å²) in [6.07, 6.45) is 2.25. The van der Waals surface area contributed by atoms with Crippen LogP contribution in [0.15, 0.2) is 109 Å². The minimum absolute atomic E-state index is 0.0953. The van der Waals surface area contributed by atoms with Crippen molar-refractivity contribution in [2.24, 2.45) is 23.7 Å². The summed E-state index contributed by atoms with van der Waals surface area (Å²) < 4.78 is 19.8. The lowest BCUT2D eigenvalue weighted by molar-refractivity contribution is -0.138. The molecule has 2 aliphatic heterocycles. The number of amides is 4. The van der Waals surface area contributed by atoms with Gasteiger partial charge in [0.15, 0.2) is 0 Å². The summed E-state index contributed by atoms with van der Waals surface area (Å²) in [4.78, 5) is 55.9. The lowest BCUT2D eigenvalue weighted by Gasteiger charge is -2.50. The molecule has 1 saturated carbocycles.